The summed E-state index contributed by atoms with van der Waals surface area (Å²) in [6.07, 6.45) is 8.29. The predicted octanol–water partition coefficient (Wildman–Crippen LogP) is 2.47. The van der Waals surface area contributed by atoms with Crippen molar-refractivity contribution in [2.75, 3.05) is 13.2 Å². The molecule has 0 aromatic carbocycles. The van der Waals surface area contributed by atoms with Gasteiger partial charge < -0.3 is 15.2 Å². The highest BCUT2D eigenvalue weighted by Crippen LogP contribution is 2.28. The monoisotopic (exact) mass is 255 g/mol. The van der Waals surface area contributed by atoms with E-state index in [0.717, 1.165) is 38.3 Å². The molecule has 0 aromatic rings. The lowest BCUT2D eigenvalue weighted by Gasteiger charge is -2.36. The second-order valence-corrected chi connectivity index (χ2v) is 6.75. The fourth-order valence-corrected chi connectivity index (χ4v) is 3.42. The highest BCUT2D eigenvalue weighted by Gasteiger charge is 2.29. The number of rotatable bonds is 5. The van der Waals surface area contributed by atoms with Gasteiger partial charge in [-0.1, -0.05) is 25.7 Å². The highest BCUT2D eigenvalue weighted by atomic mass is 16.5. The van der Waals surface area contributed by atoms with Crippen LogP contribution in [0.2, 0.25) is 0 Å². The van der Waals surface area contributed by atoms with E-state index < -0.39 is 0 Å². The van der Waals surface area contributed by atoms with Crippen LogP contribution in [-0.4, -0.2) is 36.0 Å². The second-order valence-electron chi connectivity index (χ2n) is 6.75. The van der Waals surface area contributed by atoms with Crippen LogP contribution in [0.5, 0.6) is 0 Å². The molecule has 2 fully saturated rings. The minimum atomic E-state index is -0.168. The van der Waals surface area contributed by atoms with Crippen molar-refractivity contribution in [2.24, 2.45) is 5.92 Å². The Morgan fingerprint density at radius 3 is 2.67 bits per heavy atom. The number of aliphatic hydroxyl groups excluding tert-OH is 1. The molecule has 0 amide bonds. The van der Waals surface area contributed by atoms with E-state index >= 15 is 0 Å². The molecule has 1 saturated carbocycles. The average molecular weight is 255 g/mol. The van der Waals surface area contributed by atoms with Crippen molar-refractivity contribution in [1.82, 2.24) is 5.32 Å². The quantitative estimate of drug-likeness (QED) is 0.793. The summed E-state index contributed by atoms with van der Waals surface area (Å²) in [6, 6.07) is 0.506. The molecule has 2 rings (SSSR count). The molecule has 2 aliphatic rings. The van der Waals surface area contributed by atoms with Crippen molar-refractivity contribution in [3.8, 4) is 0 Å². The van der Waals surface area contributed by atoms with E-state index in [1.165, 1.54) is 25.7 Å². The zero-order valence-corrected chi connectivity index (χ0v) is 12.0. The Hall–Kier alpha value is -0.120. The highest BCUT2D eigenvalue weighted by molar-refractivity contribution is 4.84. The molecule has 2 N–H and O–H groups in total. The van der Waals surface area contributed by atoms with E-state index in [2.05, 4.69) is 19.2 Å². The van der Waals surface area contributed by atoms with Gasteiger partial charge in [-0.15, -0.1) is 0 Å². The van der Waals surface area contributed by atoms with Crippen LogP contribution >= 0.6 is 0 Å². The largest absolute Gasteiger partial charge is 0.392 e. The second kappa shape index (κ2) is 6.36. The number of aliphatic hydroxyl groups is 1. The van der Waals surface area contributed by atoms with Crippen molar-refractivity contribution in [2.45, 2.75) is 76.5 Å². The maximum atomic E-state index is 10.1. The van der Waals surface area contributed by atoms with Gasteiger partial charge >= 0.3 is 0 Å². The van der Waals surface area contributed by atoms with Crippen LogP contribution in [0.1, 0.15) is 58.8 Å². The molecule has 1 aliphatic heterocycles. The molecule has 3 nitrogen and oxygen atoms in total. The van der Waals surface area contributed by atoms with Gasteiger partial charge in [0.2, 0.25) is 0 Å². The van der Waals surface area contributed by atoms with Gasteiger partial charge in [-0.05, 0) is 39.0 Å². The molecule has 0 aromatic heterocycles. The third-order valence-corrected chi connectivity index (χ3v) is 4.42. The van der Waals surface area contributed by atoms with Gasteiger partial charge in [-0.25, -0.2) is 0 Å². The van der Waals surface area contributed by atoms with Crippen LogP contribution in [0.25, 0.3) is 0 Å². The summed E-state index contributed by atoms with van der Waals surface area (Å²) in [7, 11) is 0. The van der Waals surface area contributed by atoms with Crippen LogP contribution in [0, 0.1) is 5.92 Å². The molecule has 18 heavy (non-hydrogen) atoms. The molecule has 2 unspecified atom stereocenters. The summed E-state index contributed by atoms with van der Waals surface area (Å²) >= 11 is 0. The lowest BCUT2D eigenvalue weighted by molar-refractivity contribution is -0.0640. The predicted molar refractivity (Wildman–Crippen MR) is 73.6 cm³/mol. The summed E-state index contributed by atoms with van der Waals surface area (Å²) in [5.41, 5.74) is -0.00762. The van der Waals surface area contributed by atoms with Crippen molar-refractivity contribution < 1.29 is 9.84 Å². The molecule has 1 heterocycles. The first kappa shape index (κ1) is 14.3. The molecule has 106 valence electrons. The summed E-state index contributed by atoms with van der Waals surface area (Å²) in [4.78, 5) is 0. The minimum Gasteiger partial charge on any atom is -0.392 e. The Kier molecular flexibility index (Phi) is 5.05. The van der Waals surface area contributed by atoms with Gasteiger partial charge in [-0.2, -0.15) is 0 Å². The Labute approximate surface area is 111 Å². The molecule has 1 saturated heterocycles. The zero-order chi connectivity index (χ0) is 13.0. The van der Waals surface area contributed by atoms with Crippen LogP contribution < -0.4 is 5.32 Å². The maximum Gasteiger partial charge on any atom is 0.0667 e. The summed E-state index contributed by atoms with van der Waals surface area (Å²) in [6.45, 7) is 5.88. The van der Waals surface area contributed by atoms with Gasteiger partial charge in [-0.3, -0.25) is 0 Å². The van der Waals surface area contributed by atoms with Gasteiger partial charge in [0.15, 0.2) is 0 Å². The molecular formula is C15H29NO2. The lowest BCUT2D eigenvalue weighted by Crippen LogP contribution is -2.45. The van der Waals surface area contributed by atoms with Crippen molar-refractivity contribution in [3.63, 3.8) is 0 Å². The third-order valence-electron chi connectivity index (χ3n) is 4.42. The van der Waals surface area contributed by atoms with E-state index in [0.29, 0.717) is 6.04 Å². The fraction of sp³-hybridized carbons (Fsp3) is 1.00. The van der Waals surface area contributed by atoms with Crippen molar-refractivity contribution in [1.29, 1.82) is 0 Å². The molecule has 3 heteroatoms. The van der Waals surface area contributed by atoms with E-state index in [4.69, 9.17) is 4.74 Å². The van der Waals surface area contributed by atoms with Crippen LogP contribution in [-0.2, 0) is 4.74 Å². The normalized spacial score (nSPS) is 30.5. The van der Waals surface area contributed by atoms with Gasteiger partial charge in [0.1, 0.15) is 0 Å². The van der Waals surface area contributed by atoms with E-state index in [1.54, 1.807) is 0 Å². The van der Waals surface area contributed by atoms with Gasteiger partial charge in [0.25, 0.3) is 0 Å². The molecule has 0 bridgehead atoms. The summed E-state index contributed by atoms with van der Waals surface area (Å²) < 4.78 is 5.71. The number of nitrogens with one attached hydrogen (secondary N) is 1. The Bertz CT molecular complexity index is 249. The average Bonchev–Trinajstić information content (AvgIpc) is 2.78. The first-order chi connectivity index (χ1) is 8.55. The molecule has 0 spiro atoms. The van der Waals surface area contributed by atoms with Crippen molar-refractivity contribution in [3.05, 3.63) is 0 Å². The molecular weight excluding hydrogens is 226 g/mol. The summed E-state index contributed by atoms with van der Waals surface area (Å²) in [5.74, 6) is 0.771. The number of hydrogen-bond donors (Lipinski definition) is 2. The van der Waals surface area contributed by atoms with E-state index in [1.807, 2.05) is 0 Å². The van der Waals surface area contributed by atoms with Gasteiger partial charge in [0.05, 0.1) is 11.7 Å². The van der Waals surface area contributed by atoms with Crippen LogP contribution in [0.15, 0.2) is 0 Å². The summed E-state index contributed by atoms with van der Waals surface area (Å²) in [5, 5.41) is 13.6. The topological polar surface area (TPSA) is 41.5 Å². The zero-order valence-electron chi connectivity index (χ0n) is 12.0. The molecule has 1 aliphatic carbocycles. The Morgan fingerprint density at radius 1 is 1.28 bits per heavy atom. The van der Waals surface area contributed by atoms with E-state index in [-0.39, 0.29) is 11.7 Å². The van der Waals surface area contributed by atoms with Crippen molar-refractivity contribution >= 4 is 0 Å². The van der Waals surface area contributed by atoms with E-state index in [9.17, 15) is 5.11 Å². The smallest absolute Gasteiger partial charge is 0.0667 e. The SMILES string of the molecule is CC1(C)CC(NCC(O)CC2CCCC2)CCO1. The Balaban J connectivity index is 1.64. The first-order valence-electron chi connectivity index (χ1n) is 7.60. The lowest BCUT2D eigenvalue weighted by atomic mass is 9.93. The third kappa shape index (κ3) is 4.52. The maximum absolute atomic E-state index is 10.1. The minimum absolute atomic E-state index is 0.00762. The van der Waals surface area contributed by atoms with Crippen LogP contribution in [0.4, 0.5) is 0 Å². The molecule has 2 atom stereocenters. The Morgan fingerprint density at radius 2 is 2.00 bits per heavy atom. The fourth-order valence-electron chi connectivity index (χ4n) is 3.42. The first-order valence-corrected chi connectivity index (χ1v) is 7.60. The van der Waals surface area contributed by atoms with Gasteiger partial charge in [0, 0.05) is 19.2 Å². The number of ether oxygens (including phenoxy) is 1. The molecule has 0 radical (unpaired) electrons. The standard InChI is InChI=1S/C15H29NO2/c1-15(2)10-13(7-8-18-15)16-11-14(17)9-12-5-3-4-6-12/h12-14,16-17H,3-11H2,1-2H3. The van der Waals surface area contributed by atoms with Crippen LogP contribution in [0.3, 0.4) is 0 Å². The number of hydrogen-bond acceptors (Lipinski definition) is 3.